The number of alkyl halides is 3. The fourth-order valence-corrected chi connectivity index (χ4v) is 3.23. The molecule has 8 heteroatoms. The largest absolute Gasteiger partial charge is 0.522 e. The highest BCUT2D eigenvalue weighted by Gasteiger charge is 2.44. The normalized spacial score (nSPS) is 15.2. The van der Waals surface area contributed by atoms with Crippen LogP contribution in [0.2, 0.25) is 19.6 Å². The molecule has 0 heterocycles. The van der Waals surface area contributed by atoms with Crippen LogP contribution in [0.15, 0.2) is 18.2 Å². The van der Waals surface area contributed by atoms with Gasteiger partial charge in [-0.2, -0.15) is 21.6 Å². The smallest absolute Gasteiger partial charge is 0.279 e. The fraction of sp³-hybridized carbons (Fsp3) is 0.538. The Balaban J connectivity index is 0.000000240. The van der Waals surface area contributed by atoms with Gasteiger partial charge in [0.1, 0.15) is 0 Å². The number of aryl methyl sites for hydroxylation is 2. The highest BCUT2D eigenvalue weighted by Crippen LogP contribution is 2.21. The fourth-order valence-electron chi connectivity index (χ4n) is 2.04. The van der Waals surface area contributed by atoms with Crippen molar-refractivity contribution in [3.63, 3.8) is 0 Å². The summed E-state index contributed by atoms with van der Waals surface area (Å²) in [5.41, 5.74) is -2.31. The average Bonchev–Trinajstić information content (AvgIpc) is 2.72. The molecule has 1 N–H and O–H groups in total. The van der Waals surface area contributed by atoms with Gasteiger partial charge in [-0.1, -0.05) is 43.0 Å². The van der Waals surface area contributed by atoms with Crippen molar-refractivity contribution in [3.8, 4) is 0 Å². The van der Waals surface area contributed by atoms with Crippen LogP contribution >= 0.6 is 0 Å². The van der Waals surface area contributed by atoms with E-state index in [9.17, 15) is 13.2 Å². The predicted molar refractivity (Wildman–Crippen MR) is 79.1 cm³/mol. The van der Waals surface area contributed by atoms with E-state index in [1.165, 1.54) is 19.3 Å². The average molecular weight is 340 g/mol. The van der Waals surface area contributed by atoms with E-state index in [2.05, 4.69) is 37.8 Å². The summed E-state index contributed by atoms with van der Waals surface area (Å²) in [7, 11) is -6.92. The molecular weight excluding hydrogens is 321 g/mol. The van der Waals surface area contributed by atoms with Crippen molar-refractivity contribution < 1.29 is 26.1 Å². The second kappa shape index (κ2) is 6.10. The predicted octanol–water partition coefficient (Wildman–Crippen LogP) is 3.11. The molecule has 0 amide bonds. The summed E-state index contributed by atoms with van der Waals surface area (Å²) in [5, 5.41) is 1.62. The lowest BCUT2D eigenvalue weighted by atomic mass is 10.1. The summed E-state index contributed by atoms with van der Waals surface area (Å²) in [6.45, 7) is 7.26. The van der Waals surface area contributed by atoms with Crippen LogP contribution in [-0.2, 0) is 23.0 Å². The van der Waals surface area contributed by atoms with E-state index in [4.69, 9.17) is 13.0 Å². The molecule has 0 aromatic heterocycles. The molecule has 1 aliphatic carbocycles. The van der Waals surface area contributed by atoms with Crippen molar-refractivity contribution in [2.24, 2.45) is 0 Å². The second-order valence-electron chi connectivity index (χ2n) is 6.01. The van der Waals surface area contributed by atoms with Gasteiger partial charge < -0.3 is 0 Å². The van der Waals surface area contributed by atoms with Gasteiger partial charge in [0, 0.05) is 0 Å². The zero-order valence-electron chi connectivity index (χ0n) is 12.2. The van der Waals surface area contributed by atoms with Crippen molar-refractivity contribution in [1.29, 1.82) is 0 Å². The summed E-state index contributed by atoms with van der Waals surface area (Å²) in [5.74, 6) is 0. The molecule has 0 atom stereocenters. The van der Waals surface area contributed by atoms with Crippen molar-refractivity contribution in [3.05, 3.63) is 29.3 Å². The molecule has 0 radical (unpaired) electrons. The van der Waals surface area contributed by atoms with Crippen LogP contribution in [0, 0.1) is 0 Å². The van der Waals surface area contributed by atoms with E-state index >= 15 is 0 Å². The Morgan fingerprint density at radius 2 is 1.57 bits per heavy atom. The Morgan fingerprint density at radius 1 is 1.10 bits per heavy atom. The highest BCUT2D eigenvalue weighted by atomic mass is 32.2. The van der Waals surface area contributed by atoms with Gasteiger partial charge in [-0.15, -0.1) is 0 Å². The van der Waals surface area contributed by atoms with Gasteiger partial charge in [0.25, 0.3) is 0 Å². The lowest BCUT2D eigenvalue weighted by molar-refractivity contribution is -0.0510. The molecule has 0 aliphatic heterocycles. The molecule has 0 saturated carbocycles. The zero-order valence-corrected chi connectivity index (χ0v) is 14.0. The number of benzene rings is 1. The van der Waals surface area contributed by atoms with Gasteiger partial charge in [0.2, 0.25) is 0 Å². The maximum atomic E-state index is 10.7. The Bertz CT molecular complexity index is 604. The number of halogens is 3. The Morgan fingerprint density at radius 3 is 2.00 bits per heavy atom. The summed E-state index contributed by atoms with van der Waals surface area (Å²) < 4.78 is 57.5. The first-order valence-corrected chi connectivity index (χ1v) is 11.4. The molecule has 0 spiro atoms. The van der Waals surface area contributed by atoms with E-state index in [1.54, 1.807) is 16.3 Å². The van der Waals surface area contributed by atoms with Crippen molar-refractivity contribution in [2.75, 3.05) is 0 Å². The number of fused-ring (bicyclic) bond motifs is 1. The van der Waals surface area contributed by atoms with Gasteiger partial charge in [-0.25, -0.2) is 0 Å². The van der Waals surface area contributed by atoms with Crippen molar-refractivity contribution in [1.82, 2.24) is 0 Å². The molecule has 1 aromatic carbocycles. The maximum absolute atomic E-state index is 10.7. The molecule has 0 bridgehead atoms. The van der Waals surface area contributed by atoms with E-state index in [1.807, 2.05) is 0 Å². The van der Waals surface area contributed by atoms with Gasteiger partial charge in [0.05, 0.1) is 8.07 Å². The van der Waals surface area contributed by atoms with Crippen LogP contribution < -0.4 is 5.19 Å². The monoisotopic (exact) mass is 340 g/mol. The minimum atomic E-state index is -5.84. The lowest BCUT2D eigenvalue weighted by Gasteiger charge is -2.17. The van der Waals surface area contributed by atoms with Crippen molar-refractivity contribution in [2.45, 2.75) is 44.4 Å². The maximum Gasteiger partial charge on any atom is 0.522 e. The van der Waals surface area contributed by atoms with E-state index in [0.717, 1.165) is 0 Å². The molecule has 120 valence electrons. The molecule has 0 fully saturated rings. The van der Waals surface area contributed by atoms with Crippen LogP contribution in [-0.4, -0.2) is 26.6 Å². The molecule has 1 aliphatic rings. The summed E-state index contributed by atoms with van der Waals surface area (Å²) in [6, 6.07) is 7.18. The zero-order chi connectivity index (χ0) is 16.5. The SMILES string of the molecule is C[Si](C)(C)c1ccc2c(c1)CCC2.O=S(=O)(O)C(F)(F)F. The van der Waals surface area contributed by atoms with Crippen LogP contribution in [0.25, 0.3) is 0 Å². The molecule has 3 nitrogen and oxygen atoms in total. The van der Waals surface area contributed by atoms with Gasteiger partial charge in [-0.3, -0.25) is 4.55 Å². The molecule has 1 aromatic rings. The highest BCUT2D eigenvalue weighted by molar-refractivity contribution is 7.86. The first kappa shape index (κ1) is 18.2. The van der Waals surface area contributed by atoms with Crippen LogP contribution in [0.5, 0.6) is 0 Å². The molecule has 0 saturated heterocycles. The molecule has 0 unspecified atom stereocenters. The minimum absolute atomic E-state index is 1.08. The summed E-state index contributed by atoms with van der Waals surface area (Å²) >= 11 is 0. The Kier molecular flexibility index (Phi) is 5.28. The molecule has 2 rings (SSSR count). The van der Waals surface area contributed by atoms with Crippen LogP contribution in [0.4, 0.5) is 13.2 Å². The Hall–Kier alpha value is -0.863. The van der Waals surface area contributed by atoms with Crippen LogP contribution in [0.1, 0.15) is 17.5 Å². The first-order valence-electron chi connectivity index (χ1n) is 6.48. The number of hydrogen-bond donors (Lipinski definition) is 1. The van der Waals surface area contributed by atoms with E-state index in [0.29, 0.717) is 0 Å². The topological polar surface area (TPSA) is 54.4 Å². The van der Waals surface area contributed by atoms with Gasteiger partial charge in [0.15, 0.2) is 0 Å². The standard InChI is InChI=1S/C12H18Si.CHF3O3S/c1-13(2,3)12-8-7-10-5-4-6-11(10)9-12;2-1(3,4)8(5,6)7/h7-9H,4-6H2,1-3H3;(H,5,6,7). The van der Waals surface area contributed by atoms with Gasteiger partial charge in [-0.05, 0) is 30.4 Å². The second-order valence-corrected chi connectivity index (χ2v) is 12.5. The Labute approximate surface area is 123 Å². The number of hydrogen-bond acceptors (Lipinski definition) is 2. The summed E-state index contributed by atoms with van der Waals surface area (Å²) in [4.78, 5) is 0. The minimum Gasteiger partial charge on any atom is -0.279 e. The third-order valence-electron chi connectivity index (χ3n) is 3.26. The first-order chi connectivity index (χ1) is 9.32. The molecule has 21 heavy (non-hydrogen) atoms. The number of rotatable bonds is 1. The molecular formula is C13H19F3O3SSi. The van der Waals surface area contributed by atoms with Gasteiger partial charge >= 0.3 is 15.6 Å². The third kappa shape index (κ3) is 5.12. The lowest BCUT2D eigenvalue weighted by Crippen LogP contribution is -2.37. The van der Waals surface area contributed by atoms with Crippen LogP contribution in [0.3, 0.4) is 0 Å². The summed E-state index contributed by atoms with van der Waals surface area (Å²) in [6.07, 6.45) is 3.99. The van der Waals surface area contributed by atoms with E-state index < -0.39 is 23.7 Å². The quantitative estimate of drug-likeness (QED) is 0.485. The third-order valence-corrected chi connectivity index (χ3v) is 5.89. The van der Waals surface area contributed by atoms with Crippen molar-refractivity contribution >= 4 is 23.4 Å². The van der Waals surface area contributed by atoms with E-state index in [-0.39, 0.29) is 0 Å².